The van der Waals surface area contributed by atoms with Crippen LogP contribution in [-0.2, 0) is 0 Å². The smallest absolute Gasteiger partial charge is 0.0772 e. The minimum atomic E-state index is 0.409. The highest BCUT2D eigenvalue weighted by molar-refractivity contribution is 5.31. The van der Waals surface area contributed by atoms with Crippen molar-refractivity contribution in [2.24, 2.45) is 0 Å². The molecule has 2 rings (SSSR count). The lowest BCUT2D eigenvalue weighted by molar-refractivity contribution is 0.289. The Morgan fingerprint density at radius 1 is 1.33 bits per heavy atom. The zero-order chi connectivity index (χ0) is 10.7. The van der Waals surface area contributed by atoms with Crippen LogP contribution >= 0.6 is 0 Å². The quantitative estimate of drug-likeness (QED) is 0.759. The van der Waals surface area contributed by atoms with E-state index in [1.54, 1.807) is 0 Å². The van der Waals surface area contributed by atoms with E-state index >= 15 is 0 Å². The number of hydrogen-bond acceptors (Lipinski definition) is 2. The van der Waals surface area contributed by atoms with Crippen molar-refractivity contribution in [1.82, 2.24) is 10.2 Å². The van der Waals surface area contributed by atoms with Crippen molar-refractivity contribution in [3.05, 3.63) is 36.1 Å². The van der Waals surface area contributed by atoms with Gasteiger partial charge in [-0.15, -0.1) is 0 Å². The summed E-state index contributed by atoms with van der Waals surface area (Å²) in [6.07, 6.45) is 13.8. The second-order valence-electron chi connectivity index (χ2n) is 4.23. The molecule has 1 N–H and O–H groups in total. The Hall–Kier alpha value is -1.02. The molecule has 2 heteroatoms. The third kappa shape index (κ3) is 2.15. The van der Waals surface area contributed by atoms with Gasteiger partial charge in [-0.25, -0.2) is 0 Å². The third-order valence-corrected chi connectivity index (χ3v) is 3.08. The van der Waals surface area contributed by atoms with Gasteiger partial charge in [0.15, 0.2) is 0 Å². The fraction of sp³-hybridized carbons (Fsp3) is 0.538. The van der Waals surface area contributed by atoms with Crippen LogP contribution in [0.5, 0.6) is 0 Å². The summed E-state index contributed by atoms with van der Waals surface area (Å²) in [5.41, 5.74) is 1.42. The predicted molar refractivity (Wildman–Crippen MR) is 64.4 cm³/mol. The van der Waals surface area contributed by atoms with Gasteiger partial charge < -0.3 is 4.90 Å². The predicted octanol–water partition coefficient (Wildman–Crippen LogP) is 2.42. The molecule has 0 bridgehead atoms. The zero-order valence-electron chi connectivity index (χ0n) is 9.61. The van der Waals surface area contributed by atoms with E-state index < -0.39 is 0 Å². The van der Waals surface area contributed by atoms with Crippen molar-refractivity contribution in [3.63, 3.8) is 0 Å². The van der Waals surface area contributed by atoms with Crippen molar-refractivity contribution in [3.8, 4) is 0 Å². The van der Waals surface area contributed by atoms with Crippen molar-refractivity contribution in [2.45, 2.75) is 38.9 Å². The molecule has 0 radical (unpaired) electrons. The van der Waals surface area contributed by atoms with Crippen molar-refractivity contribution in [2.75, 3.05) is 6.54 Å². The van der Waals surface area contributed by atoms with E-state index in [0.717, 1.165) is 6.54 Å². The number of allylic oxidation sites excluding steroid dienone is 4. The molecule has 82 valence electrons. The SMILES string of the molecule is CCCCN1C2=CC=CC=CC2NC1C. The first-order valence-electron chi connectivity index (χ1n) is 5.90. The van der Waals surface area contributed by atoms with Gasteiger partial charge in [0.05, 0.1) is 12.2 Å². The molecular formula is C13H20N2. The van der Waals surface area contributed by atoms with Gasteiger partial charge in [-0.2, -0.15) is 0 Å². The largest absolute Gasteiger partial charge is 0.358 e. The maximum atomic E-state index is 3.59. The van der Waals surface area contributed by atoms with Crippen molar-refractivity contribution >= 4 is 0 Å². The van der Waals surface area contributed by atoms with Crippen LogP contribution in [-0.4, -0.2) is 23.7 Å². The lowest BCUT2D eigenvalue weighted by atomic mass is 10.2. The molecular weight excluding hydrogens is 184 g/mol. The van der Waals surface area contributed by atoms with Crippen LogP contribution in [0, 0.1) is 0 Å². The monoisotopic (exact) mass is 204 g/mol. The summed E-state index contributed by atoms with van der Waals surface area (Å²) in [6, 6.07) is 0.409. The molecule has 1 heterocycles. The van der Waals surface area contributed by atoms with E-state index in [1.807, 2.05) is 0 Å². The fourth-order valence-corrected chi connectivity index (χ4v) is 2.24. The first-order chi connectivity index (χ1) is 7.33. The highest BCUT2D eigenvalue weighted by Crippen LogP contribution is 2.23. The highest BCUT2D eigenvalue weighted by Gasteiger charge is 2.30. The molecule has 0 saturated carbocycles. The topological polar surface area (TPSA) is 15.3 Å². The number of rotatable bonds is 3. The van der Waals surface area contributed by atoms with Crippen LogP contribution < -0.4 is 5.32 Å². The molecule has 1 aliphatic heterocycles. The van der Waals surface area contributed by atoms with Crippen LogP contribution in [0.3, 0.4) is 0 Å². The molecule has 15 heavy (non-hydrogen) atoms. The number of hydrogen-bond donors (Lipinski definition) is 1. The van der Waals surface area contributed by atoms with Crippen LogP contribution in [0.15, 0.2) is 36.1 Å². The Kier molecular flexibility index (Phi) is 3.27. The molecule has 2 aliphatic rings. The maximum Gasteiger partial charge on any atom is 0.0772 e. The summed E-state index contributed by atoms with van der Waals surface area (Å²) in [4.78, 5) is 2.48. The summed E-state index contributed by atoms with van der Waals surface area (Å²) in [6.45, 7) is 5.64. The van der Waals surface area contributed by atoms with E-state index in [-0.39, 0.29) is 0 Å². The van der Waals surface area contributed by atoms with E-state index in [9.17, 15) is 0 Å². The van der Waals surface area contributed by atoms with Crippen molar-refractivity contribution < 1.29 is 0 Å². The maximum absolute atomic E-state index is 3.59. The molecule has 0 spiro atoms. The van der Waals surface area contributed by atoms with Gasteiger partial charge in [-0.05, 0) is 19.4 Å². The Labute approximate surface area is 92.3 Å². The second kappa shape index (κ2) is 4.67. The number of nitrogens with zero attached hydrogens (tertiary/aromatic N) is 1. The molecule has 0 aromatic heterocycles. The Morgan fingerprint density at radius 2 is 2.20 bits per heavy atom. The summed E-state index contributed by atoms with van der Waals surface area (Å²) >= 11 is 0. The second-order valence-corrected chi connectivity index (χ2v) is 4.23. The van der Waals surface area contributed by atoms with Crippen LogP contribution in [0.4, 0.5) is 0 Å². The van der Waals surface area contributed by atoms with Gasteiger partial charge in [0.2, 0.25) is 0 Å². The van der Waals surface area contributed by atoms with Gasteiger partial charge in [-0.3, -0.25) is 5.32 Å². The standard InChI is InChI=1S/C13H20N2/c1-3-4-10-15-11(2)14-12-8-6-5-7-9-13(12)15/h5-9,11-12,14H,3-4,10H2,1-2H3. The Bertz CT molecular complexity index is 302. The molecule has 0 aromatic carbocycles. The molecule has 0 amide bonds. The van der Waals surface area contributed by atoms with Crippen molar-refractivity contribution in [1.29, 1.82) is 0 Å². The summed E-state index contributed by atoms with van der Waals surface area (Å²) in [7, 11) is 0. The molecule has 1 saturated heterocycles. The fourth-order valence-electron chi connectivity index (χ4n) is 2.24. The summed E-state index contributed by atoms with van der Waals surface area (Å²) < 4.78 is 0. The third-order valence-electron chi connectivity index (χ3n) is 3.08. The van der Waals surface area contributed by atoms with Gasteiger partial charge in [0, 0.05) is 12.2 Å². The summed E-state index contributed by atoms with van der Waals surface area (Å²) in [5.74, 6) is 0. The normalized spacial score (nSPS) is 28.9. The molecule has 0 aromatic rings. The number of fused-ring (bicyclic) bond motifs is 1. The highest BCUT2D eigenvalue weighted by atomic mass is 15.3. The van der Waals surface area contributed by atoms with E-state index in [1.165, 1.54) is 18.5 Å². The first-order valence-corrected chi connectivity index (χ1v) is 5.90. The molecule has 2 unspecified atom stereocenters. The van der Waals surface area contributed by atoms with E-state index in [2.05, 4.69) is 54.4 Å². The lowest BCUT2D eigenvalue weighted by Crippen LogP contribution is -2.33. The Balaban J connectivity index is 2.13. The number of nitrogens with one attached hydrogen (secondary N) is 1. The van der Waals surface area contributed by atoms with Crippen LogP contribution in [0.2, 0.25) is 0 Å². The van der Waals surface area contributed by atoms with Crippen LogP contribution in [0.1, 0.15) is 26.7 Å². The minimum absolute atomic E-state index is 0.409. The van der Waals surface area contributed by atoms with Gasteiger partial charge in [0.1, 0.15) is 0 Å². The average molecular weight is 204 g/mol. The van der Waals surface area contributed by atoms with Crippen LogP contribution in [0.25, 0.3) is 0 Å². The number of unbranched alkanes of at least 4 members (excludes halogenated alkanes) is 1. The first kappa shape index (κ1) is 10.5. The average Bonchev–Trinajstić information content (AvgIpc) is 2.41. The molecule has 2 atom stereocenters. The van der Waals surface area contributed by atoms with Gasteiger partial charge in [0.25, 0.3) is 0 Å². The summed E-state index contributed by atoms with van der Waals surface area (Å²) in [5, 5.41) is 3.59. The molecule has 2 nitrogen and oxygen atoms in total. The van der Waals surface area contributed by atoms with E-state index in [0.29, 0.717) is 12.2 Å². The van der Waals surface area contributed by atoms with Gasteiger partial charge in [-0.1, -0.05) is 37.6 Å². The molecule has 1 fully saturated rings. The molecule has 1 aliphatic carbocycles. The Morgan fingerprint density at radius 3 is 3.00 bits per heavy atom. The lowest BCUT2D eigenvalue weighted by Gasteiger charge is -2.24. The zero-order valence-corrected chi connectivity index (χ0v) is 9.61. The van der Waals surface area contributed by atoms with Gasteiger partial charge >= 0.3 is 0 Å². The minimum Gasteiger partial charge on any atom is -0.358 e. The van der Waals surface area contributed by atoms with E-state index in [4.69, 9.17) is 0 Å².